The van der Waals surface area contributed by atoms with Crippen LogP contribution in [0.1, 0.15) is 24.9 Å². The number of nitrogens with zero attached hydrogens (tertiary/aromatic N) is 4. The lowest BCUT2D eigenvalue weighted by atomic mass is 10.1. The van der Waals surface area contributed by atoms with Gasteiger partial charge in [0.05, 0.1) is 33.4 Å². The highest BCUT2D eigenvalue weighted by Gasteiger charge is 2.19. The van der Waals surface area contributed by atoms with Crippen molar-refractivity contribution in [3.8, 4) is 11.3 Å². The summed E-state index contributed by atoms with van der Waals surface area (Å²) in [6.45, 7) is 3.77. The third-order valence-electron chi connectivity index (χ3n) is 5.78. The first kappa shape index (κ1) is 21.9. The van der Waals surface area contributed by atoms with E-state index in [1.165, 1.54) is 18.5 Å². The summed E-state index contributed by atoms with van der Waals surface area (Å²) in [6.07, 6.45) is 6.22. The van der Waals surface area contributed by atoms with Crippen LogP contribution in [-0.4, -0.2) is 38.8 Å². The number of benzene rings is 1. The number of hydrogen-bond acceptors (Lipinski definition) is 6. The van der Waals surface area contributed by atoms with Crippen LogP contribution < -0.4 is 16.1 Å². The molecule has 4 aromatic rings. The maximum absolute atomic E-state index is 14.0. The van der Waals surface area contributed by atoms with E-state index in [0.717, 1.165) is 47.6 Å². The number of fused-ring (bicyclic) bond motifs is 1. The molecule has 2 unspecified atom stereocenters. The van der Waals surface area contributed by atoms with E-state index in [1.807, 2.05) is 36.0 Å². The molecule has 5 rings (SSSR count). The predicted molar refractivity (Wildman–Crippen MR) is 130 cm³/mol. The highest BCUT2D eigenvalue weighted by Crippen LogP contribution is 2.33. The molecule has 1 aromatic carbocycles. The van der Waals surface area contributed by atoms with Crippen molar-refractivity contribution in [2.24, 2.45) is 0 Å². The van der Waals surface area contributed by atoms with E-state index >= 15 is 0 Å². The third kappa shape index (κ3) is 4.34. The Morgan fingerprint density at radius 1 is 1.21 bits per heavy atom. The molecule has 170 valence electrons. The Balaban J connectivity index is 1.43. The van der Waals surface area contributed by atoms with Crippen molar-refractivity contribution < 1.29 is 4.39 Å². The van der Waals surface area contributed by atoms with Gasteiger partial charge in [0.15, 0.2) is 0 Å². The zero-order chi connectivity index (χ0) is 22.9. The van der Waals surface area contributed by atoms with Crippen molar-refractivity contribution in [2.45, 2.75) is 25.4 Å². The Bertz CT molecular complexity index is 1300. The first-order chi connectivity index (χ1) is 16.0. The molecule has 4 heterocycles. The van der Waals surface area contributed by atoms with E-state index in [1.54, 1.807) is 6.20 Å². The van der Waals surface area contributed by atoms with E-state index in [0.29, 0.717) is 16.6 Å². The topological polar surface area (TPSA) is 79.7 Å². The summed E-state index contributed by atoms with van der Waals surface area (Å²) in [5.41, 5.74) is 7.09. The van der Waals surface area contributed by atoms with Crippen molar-refractivity contribution in [1.82, 2.24) is 24.9 Å². The molecule has 1 saturated heterocycles. The highest BCUT2D eigenvalue weighted by molar-refractivity contribution is 6.36. The summed E-state index contributed by atoms with van der Waals surface area (Å²) in [4.78, 5) is 13.5. The molecule has 0 aliphatic carbocycles. The van der Waals surface area contributed by atoms with Crippen LogP contribution in [0, 0.1) is 5.82 Å². The van der Waals surface area contributed by atoms with Crippen LogP contribution >= 0.6 is 23.2 Å². The molecule has 3 N–H and O–H groups in total. The van der Waals surface area contributed by atoms with Crippen molar-refractivity contribution in [3.63, 3.8) is 0 Å². The number of anilines is 1. The van der Waals surface area contributed by atoms with Crippen LogP contribution in [0.3, 0.4) is 0 Å². The molecule has 1 aliphatic heterocycles. The van der Waals surface area contributed by atoms with Gasteiger partial charge in [0.1, 0.15) is 18.0 Å². The molecule has 0 spiro atoms. The number of halogens is 3. The first-order valence-corrected chi connectivity index (χ1v) is 11.4. The van der Waals surface area contributed by atoms with E-state index in [2.05, 4.69) is 26.0 Å². The maximum atomic E-state index is 14.0. The number of aromatic nitrogens is 4. The van der Waals surface area contributed by atoms with Crippen molar-refractivity contribution in [1.29, 1.82) is 0 Å². The van der Waals surface area contributed by atoms with E-state index in [4.69, 9.17) is 28.2 Å². The summed E-state index contributed by atoms with van der Waals surface area (Å²) in [5.74, 6) is 0.267. The fourth-order valence-corrected chi connectivity index (χ4v) is 4.80. The summed E-state index contributed by atoms with van der Waals surface area (Å²) >= 11 is 12.5. The second-order valence-electron chi connectivity index (χ2n) is 8.01. The summed E-state index contributed by atoms with van der Waals surface area (Å²) in [5, 5.41) is 7.26. The molecule has 10 heteroatoms. The van der Waals surface area contributed by atoms with Crippen molar-refractivity contribution in [2.75, 3.05) is 23.8 Å². The highest BCUT2D eigenvalue weighted by atomic mass is 35.5. The standard InChI is InChI=1S/C23H22Cl2FN7/c1-13(21-16(24)2-3-17(26)22(21)25)32-33-9-7-19-20(33)5-4-18(31-19)15-11-28-12-29-23(15)30-14-6-8-27-10-14/h2-5,7,9,11-14,27,32H,6,8,10H2,1H3,(H,28,29,30). The fourth-order valence-electron chi connectivity index (χ4n) is 4.10. The number of rotatable bonds is 6. The minimum Gasteiger partial charge on any atom is -0.365 e. The largest absolute Gasteiger partial charge is 0.365 e. The summed E-state index contributed by atoms with van der Waals surface area (Å²) in [7, 11) is 0. The number of hydrogen-bond donors (Lipinski definition) is 3. The first-order valence-electron chi connectivity index (χ1n) is 10.7. The summed E-state index contributed by atoms with van der Waals surface area (Å²) < 4.78 is 15.8. The number of nitrogens with one attached hydrogen (secondary N) is 3. The molecule has 1 fully saturated rings. The Kier molecular flexibility index (Phi) is 6.05. The van der Waals surface area contributed by atoms with Crippen LogP contribution in [0.4, 0.5) is 10.2 Å². The Labute approximate surface area is 200 Å². The van der Waals surface area contributed by atoms with E-state index in [9.17, 15) is 4.39 Å². The van der Waals surface area contributed by atoms with Gasteiger partial charge >= 0.3 is 0 Å². The van der Waals surface area contributed by atoms with Crippen LogP contribution in [-0.2, 0) is 0 Å². The van der Waals surface area contributed by atoms with Gasteiger partial charge in [0, 0.05) is 35.6 Å². The minimum atomic E-state index is -0.503. The smallest absolute Gasteiger partial charge is 0.142 e. The van der Waals surface area contributed by atoms with Crippen molar-refractivity contribution in [3.05, 3.63) is 70.5 Å². The van der Waals surface area contributed by atoms with Gasteiger partial charge in [-0.15, -0.1) is 0 Å². The predicted octanol–water partition coefficient (Wildman–Crippen LogP) is 5.02. The second kappa shape index (κ2) is 9.13. The average Bonchev–Trinajstić information content (AvgIpc) is 3.47. The molecular formula is C23H22Cl2FN7. The second-order valence-corrected chi connectivity index (χ2v) is 8.80. The van der Waals surface area contributed by atoms with E-state index in [-0.39, 0.29) is 11.1 Å². The third-order valence-corrected chi connectivity index (χ3v) is 6.49. The zero-order valence-corrected chi connectivity index (χ0v) is 19.3. The lowest BCUT2D eigenvalue weighted by Gasteiger charge is -2.20. The molecule has 3 aromatic heterocycles. The van der Waals surface area contributed by atoms with Crippen LogP contribution in [0.25, 0.3) is 22.3 Å². The number of pyridine rings is 1. The average molecular weight is 486 g/mol. The monoisotopic (exact) mass is 485 g/mol. The normalized spacial score (nSPS) is 16.8. The SMILES string of the molecule is CC(Nn1ccc2nc(-c3cncnc3NC3CCNC3)ccc21)c1c(Cl)ccc(F)c1Cl. The quantitative estimate of drug-likeness (QED) is 0.333. The lowest BCUT2D eigenvalue weighted by molar-refractivity contribution is 0.622. The molecule has 7 nitrogen and oxygen atoms in total. The fraction of sp³-hybridized carbons (Fsp3) is 0.261. The van der Waals surface area contributed by atoms with Crippen LogP contribution in [0.5, 0.6) is 0 Å². The van der Waals surface area contributed by atoms with Gasteiger partial charge in [0.25, 0.3) is 0 Å². The molecule has 0 radical (unpaired) electrons. The van der Waals surface area contributed by atoms with Gasteiger partial charge in [0.2, 0.25) is 0 Å². The van der Waals surface area contributed by atoms with Gasteiger partial charge in [-0.05, 0) is 50.2 Å². The molecule has 0 amide bonds. The van der Waals surface area contributed by atoms with Crippen LogP contribution in [0.15, 0.2) is 49.1 Å². The van der Waals surface area contributed by atoms with Gasteiger partial charge in [-0.1, -0.05) is 23.2 Å². The van der Waals surface area contributed by atoms with Crippen LogP contribution in [0.2, 0.25) is 10.0 Å². The Hall–Kier alpha value is -2.94. The molecule has 0 bridgehead atoms. The van der Waals surface area contributed by atoms with Gasteiger partial charge in [-0.25, -0.2) is 19.3 Å². The van der Waals surface area contributed by atoms with Gasteiger partial charge in [-0.2, -0.15) is 0 Å². The maximum Gasteiger partial charge on any atom is 0.142 e. The van der Waals surface area contributed by atoms with Gasteiger partial charge in [-0.3, -0.25) is 4.68 Å². The van der Waals surface area contributed by atoms with E-state index < -0.39 is 5.82 Å². The summed E-state index contributed by atoms with van der Waals surface area (Å²) in [6, 6.07) is 8.57. The minimum absolute atomic E-state index is 0.0148. The van der Waals surface area contributed by atoms with Gasteiger partial charge < -0.3 is 16.1 Å². The molecular weight excluding hydrogens is 464 g/mol. The molecule has 1 aliphatic rings. The zero-order valence-electron chi connectivity index (χ0n) is 17.8. The molecule has 2 atom stereocenters. The van der Waals surface area contributed by atoms with Crippen molar-refractivity contribution >= 4 is 40.1 Å². The molecule has 33 heavy (non-hydrogen) atoms. The molecule has 0 saturated carbocycles. The Morgan fingerprint density at radius 2 is 2.09 bits per heavy atom. The lowest BCUT2D eigenvalue weighted by Crippen LogP contribution is -2.23. The Morgan fingerprint density at radius 3 is 2.91 bits per heavy atom.